The van der Waals surface area contributed by atoms with Crippen molar-refractivity contribution in [3.8, 4) is 0 Å². The molecule has 0 radical (unpaired) electrons. The summed E-state index contributed by atoms with van der Waals surface area (Å²) in [6, 6.07) is -3.82. The molecule has 0 spiro atoms. The minimum atomic E-state index is -1.70. The van der Waals surface area contributed by atoms with E-state index in [2.05, 4.69) is 29.8 Å². The van der Waals surface area contributed by atoms with E-state index in [-0.39, 0.29) is 12.3 Å². The number of unbranched alkanes of at least 4 members (excludes halogenated alkanes) is 22. The molecule has 16 heteroatoms. The Kier molecular flexibility index (Phi) is 33.7. The number of esters is 1. The lowest BCUT2D eigenvalue weighted by Gasteiger charge is -2.43. The third kappa shape index (κ3) is 27.8. The lowest BCUT2D eigenvalue weighted by Crippen LogP contribution is -2.66. The number of hydrogen-bond donors (Lipinski definition) is 7. The molecule has 1 rings (SSSR count). The van der Waals surface area contributed by atoms with Crippen LogP contribution in [0.1, 0.15) is 214 Å². The molecule has 0 aromatic rings. The van der Waals surface area contributed by atoms with Gasteiger partial charge in [-0.1, -0.05) is 168 Å². The topological polar surface area (TPSA) is 253 Å². The number of hydrogen-bond acceptors (Lipinski definition) is 11. The highest BCUT2D eigenvalue weighted by molar-refractivity contribution is 5.92. The normalized spacial score (nSPS) is 19.8. The van der Waals surface area contributed by atoms with Crippen LogP contribution < -0.4 is 21.7 Å². The number of carboxylic acid groups (broad SMARTS) is 1. The molecule has 8 atom stereocenters. The predicted molar refractivity (Wildman–Crippen MR) is 250 cm³/mol. The summed E-state index contributed by atoms with van der Waals surface area (Å²) >= 11 is 0. The van der Waals surface area contributed by atoms with Gasteiger partial charge in [-0.2, -0.15) is 0 Å². The van der Waals surface area contributed by atoms with E-state index in [1.54, 1.807) is 0 Å². The van der Waals surface area contributed by atoms with E-state index >= 15 is 0 Å². The van der Waals surface area contributed by atoms with Crippen LogP contribution in [0.25, 0.3) is 0 Å². The van der Waals surface area contributed by atoms with E-state index in [1.165, 1.54) is 136 Å². The highest BCUT2D eigenvalue weighted by Crippen LogP contribution is 2.26. The van der Waals surface area contributed by atoms with Crippen molar-refractivity contribution < 1.29 is 58.3 Å². The Balaban J connectivity index is 2.86. The average molecular weight is 927 g/mol. The second-order valence-electron chi connectivity index (χ2n) is 18.3. The number of carbonyl (C=O) groups is 6. The summed E-state index contributed by atoms with van der Waals surface area (Å²) < 4.78 is 17.4. The first-order valence-electron chi connectivity index (χ1n) is 25.3. The molecule has 8 N–H and O–H groups in total. The van der Waals surface area contributed by atoms with Gasteiger partial charge in [0.25, 0.3) is 0 Å². The molecule has 0 aliphatic carbocycles. The van der Waals surface area contributed by atoms with Crippen molar-refractivity contribution in [2.24, 2.45) is 11.7 Å². The number of ether oxygens (including phenoxy) is 3. The zero-order valence-corrected chi connectivity index (χ0v) is 40.8. The zero-order valence-electron chi connectivity index (χ0n) is 40.8. The summed E-state index contributed by atoms with van der Waals surface area (Å²) in [5, 5.41) is 38.7. The number of nitrogens with two attached hydrogens (primary N) is 1. The van der Waals surface area contributed by atoms with E-state index in [0.717, 1.165) is 38.5 Å². The van der Waals surface area contributed by atoms with Crippen LogP contribution in [0, 0.1) is 5.92 Å². The van der Waals surface area contributed by atoms with Gasteiger partial charge in [0.15, 0.2) is 6.29 Å². The summed E-state index contributed by atoms with van der Waals surface area (Å²) in [7, 11) is 0. The maximum atomic E-state index is 13.7. The fourth-order valence-electron chi connectivity index (χ4n) is 8.29. The van der Waals surface area contributed by atoms with Crippen molar-refractivity contribution in [1.29, 1.82) is 0 Å². The van der Waals surface area contributed by atoms with Crippen LogP contribution in [0.5, 0.6) is 0 Å². The molecule has 16 nitrogen and oxygen atoms in total. The van der Waals surface area contributed by atoms with E-state index in [1.807, 2.05) is 0 Å². The number of nitrogens with one attached hydrogen (secondary N) is 3. The Morgan fingerprint density at radius 3 is 1.51 bits per heavy atom. The van der Waals surface area contributed by atoms with E-state index in [9.17, 15) is 39.0 Å². The smallest absolute Gasteiger partial charge is 0.309 e. The van der Waals surface area contributed by atoms with Gasteiger partial charge in [-0.25, -0.2) is 0 Å². The fraction of sp³-hybridized carbons (Fsp3) is 0.878. The molecule has 378 valence electrons. The maximum Gasteiger partial charge on any atom is 0.309 e. The molecule has 1 aliphatic rings. The van der Waals surface area contributed by atoms with Gasteiger partial charge in [0, 0.05) is 13.3 Å². The van der Waals surface area contributed by atoms with Gasteiger partial charge in [0.2, 0.25) is 23.6 Å². The van der Waals surface area contributed by atoms with Gasteiger partial charge in [-0.3, -0.25) is 28.8 Å². The van der Waals surface area contributed by atoms with Gasteiger partial charge in [-0.15, -0.1) is 0 Å². The van der Waals surface area contributed by atoms with Crippen molar-refractivity contribution in [1.82, 2.24) is 16.0 Å². The Bertz CT molecular complexity index is 1310. The lowest BCUT2D eigenvalue weighted by atomic mass is 9.93. The standard InChI is InChI=1S/C49H90N4O12/c1-6-8-10-12-14-16-18-20-22-24-26-28-30-38(31-29-27-25-23-21-19-17-15-13-11-9-7-2)48(61)63-34-40-43(57)44(42(49(62)65-40)52-37(5)54)64-36(4)47(60)51-35(3)46(59)53-39(45(50)58)32-33-41(55)56/h35-36,38-40,42-44,49,57,62H,6-34H2,1-5H3,(H2,50,58)(H,51,60)(H,52,54)(H,53,59)(H,55,56)/t35-,36+,39+,40+,42+,43+,44+,49?/m0/s1. The molecule has 0 bridgehead atoms. The van der Waals surface area contributed by atoms with Gasteiger partial charge in [0.1, 0.15) is 49.1 Å². The Morgan fingerprint density at radius 1 is 0.646 bits per heavy atom. The van der Waals surface area contributed by atoms with Crippen molar-refractivity contribution >= 4 is 35.6 Å². The number of primary amides is 1. The Hall–Kier alpha value is -3.34. The molecule has 0 aromatic carbocycles. The number of carbonyl (C=O) groups excluding carboxylic acids is 5. The van der Waals surface area contributed by atoms with Crippen LogP contribution in [0.4, 0.5) is 0 Å². The van der Waals surface area contributed by atoms with Crippen molar-refractivity contribution in [3.63, 3.8) is 0 Å². The van der Waals surface area contributed by atoms with Gasteiger partial charge < -0.3 is 51.2 Å². The lowest BCUT2D eigenvalue weighted by molar-refractivity contribution is -0.268. The summed E-state index contributed by atoms with van der Waals surface area (Å²) in [6.07, 6.45) is 22.6. The van der Waals surface area contributed by atoms with Crippen LogP contribution in [0.2, 0.25) is 0 Å². The first kappa shape index (κ1) is 59.7. The number of aliphatic hydroxyl groups is 2. The van der Waals surface area contributed by atoms with Gasteiger partial charge in [0.05, 0.1) is 5.92 Å². The first-order chi connectivity index (χ1) is 31.1. The highest BCUT2D eigenvalue weighted by atomic mass is 16.6. The van der Waals surface area contributed by atoms with Gasteiger partial charge in [-0.05, 0) is 33.1 Å². The molecule has 1 unspecified atom stereocenters. The van der Waals surface area contributed by atoms with Crippen molar-refractivity contribution in [2.75, 3.05) is 6.61 Å². The molecular formula is C49H90N4O12. The monoisotopic (exact) mass is 927 g/mol. The molecule has 65 heavy (non-hydrogen) atoms. The quantitative estimate of drug-likeness (QED) is 0.0242. The largest absolute Gasteiger partial charge is 0.481 e. The predicted octanol–water partition coefficient (Wildman–Crippen LogP) is 7.02. The number of aliphatic carboxylic acids is 1. The van der Waals surface area contributed by atoms with Gasteiger partial charge >= 0.3 is 11.9 Å². The second-order valence-corrected chi connectivity index (χ2v) is 18.3. The molecule has 1 fully saturated rings. The second kappa shape index (κ2) is 36.7. The fourth-order valence-corrected chi connectivity index (χ4v) is 8.29. The number of amides is 4. The molecule has 4 amide bonds. The molecule has 1 heterocycles. The Labute approximate surface area is 390 Å². The summed E-state index contributed by atoms with van der Waals surface area (Å²) in [5.41, 5.74) is 5.31. The molecule has 1 aliphatic heterocycles. The number of carboxylic acids is 1. The summed E-state index contributed by atoms with van der Waals surface area (Å²) in [6.45, 7) is 7.93. The van der Waals surface area contributed by atoms with Crippen molar-refractivity contribution in [2.45, 2.75) is 263 Å². The summed E-state index contributed by atoms with van der Waals surface area (Å²) in [4.78, 5) is 74.5. The third-order valence-electron chi connectivity index (χ3n) is 12.4. The van der Waals surface area contributed by atoms with Crippen LogP contribution in [0.15, 0.2) is 0 Å². The molecule has 1 saturated heterocycles. The first-order valence-corrected chi connectivity index (χ1v) is 25.3. The van der Waals surface area contributed by atoms with Crippen LogP contribution in [-0.4, -0.2) is 106 Å². The minimum Gasteiger partial charge on any atom is -0.481 e. The number of aliphatic hydroxyl groups excluding tert-OH is 2. The van der Waals surface area contributed by atoms with Crippen LogP contribution >= 0.6 is 0 Å². The van der Waals surface area contributed by atoms with E-state index in [4.69, 9.17) is 25.1 Å². The summed E-state index contributed by atoms with van der Waals surface area (Å²) in [5.74, 6) is -5.05. The number of rotatable bonds is 40. The Morgan fingerprint density at radius 2 is 1.09 bits per heavy atom. The minimum absolute atomic E-state index is 0.249. The third-order valence-corrected chi connectivity index (χ3v) is 12.4. The molecule has 0 aromatic heterocycles. The van der Waals surface area contributed by atoms with Crippen LogP contribution in [0.3, 0.4) is 0 Å². The van der Waals surface area contributed by atoms with Crippen molar-refractivity contribution in [3.05, 3.63) is 0 Å². The zero-order chi connectivity index (χ0) is 48.4. The highest BCUT2D eigenvalue weighted by Gasteiger charge is 2.47. The SMILES string of the molecule is CCCCCCCCCCCCCCC(CCCCCCCCCCCCCC)C(=O)OC[C@H]1OC(O)[C@H](NC(C)=O)[C@@H](O[C@H](C)C(=O)N[C@@H](C)C(=O)N[C@H](CCC(=O)O)C(N)=O)[C@@H]1O. The maximum absolute atomic E-state index is 13.7. The average Bonchev–Trinajstić information content (AvgIpc) is 3.26. The molecule has 0 saturated carbocycles. The van der Waals surface area contributed by atoms with Crippen LogP contribution in [-0.2, 0) is 43.0 Å². The van der Waals surface area contributed by atoms with E-state index < -0.39 is 97.4 Å². The van der Waals surface area contributed by atoms with E-state index in [0.29, 0.717) is 12.8 Å². The molecular weight excluding hydrogens is 837 g/mol.